The molecule has 7 heteroatoms. The number of Topliss-reactive ketones (excluding diaryl/α,β-unsaturated/α-hetero) is 1. The Bertz CT molecular complexity index is 1360. The molecule has 0 aliphatic carbocycles. The molecule has 0 aromatic heterocycles. The van der Waals surface area contributed by atoms with Crippen molar-refractivity contribution in [3.63, 3.8) is 0 Å². The van der Waals surface area contributed by atoms with E-state index in [1.807, 2.05) is 36.4 Å². The van der Waals surface area contributed by atoms with Gasteiger partial charge in [0.15, 0.2) is 11.5 Å². The number of aryl methyl sites for hydroxylation is 1. The van der Waals surface area contributed by atoms with Crippen LogP contribution in [0.4, 0.5) is 5.69 Å². The number of benzene rings is 3. The van der Waals surface area contributed by atoms with Crippen molar-refractivity contribution >= 4 is 23.1 Å². The molecule has 35 heavy (non-hydrogen) atoms. The molecule has 3 heterocycles. The molecule has 1 amide bonds. The van der Waals surface area contributed by atoms with Gasteiger partial charge in [-0.05, 0) is 54.3 Å². The van der Waals surface area contributed by atoms with Crippen molar-refractivity contribution in [3.8, 4) is 17.2 Å². The van der Waals surface area contributed by atoms with Gasteiger partial charge in [-0.25, -0.2) is 0 Å². The van der Waals surface area contributed by atoms with E-state index in [1.54, 1.807) is 30.3 Å². The summed E-state index contributed by atoms with van der Waals surface area (Å²) in [7, 11) is 0. The molecule has 3 aliphatic heterocycles. The number of hydrogen-bond acceptors (Lipinski definition) is 6. The number of nitrogens with zero attached hydrogens (tertiary/aromatic N) is 1. The van der Waals surface area contributed by atoms with Gasteiger partial charge in [0.2, 0.25) is 0 Å². The standard InChI is InChI=1S/C28H23NO6/c30-26(19-8-10-21-18(15-19)7-4-12-33-21)24-25(17-5-2-1-3-6-17)29(28(32)27(24)31)20-9-11-22-23(16-20)35-14-13-34-22/h1-3,5-6,8-11,15-16,25,30H,4,7,12-14H2/b26-24+. The van der Waals surface area contributed by atoms with Crippen LogP contribution in [0.25, 0.3) is 5.76 Å². The lowest BCUT2D eigenvalue weighted by atomic mass is 9.94. The van der Waals surface area contributed by atoms with Crippen molar-refractivity contribution in [1.82, 2.24) is 0 Å². The van der Waals surface area contributed by atoms with Gasteiger partial charge in [0.1, 0.15) is 24.7 Å². The van der Waals surface area contributed by atoms with Crippen molar-refractivity contribution in [1.29, 1.82) is 0 Å². The van der Waals surface area contributed by atoms with Gasteiger partial charge in [-0.1, -0.05) is 30.3 Å². The number of aliphatic hydroxyl groups is 1. The topological polar surface area (TPSA) is 85.3 Å². The first-order chi connectivity index (χ1) is 17.1. The molecule has 3 aliphatic rings. The Labute approximate surface area is 202 Å². The molecule has 1 fully saturated rings. The normalized spacial score (nSPS) is 20.3. The predicted molar refractivity (Wildman–Crippen MR) is 129 cm³/mol. The predicted octanol–water partition coefficient (Wildman–Crippen LogP) is 4.41. The number of ether oxygens (including phenoxy) is 3. The number of carbonyl (C=O) groups excluding carboxylic acids is 2. The van der Waals surface area contributed by atoms with E-state index < -0.39 is 17.7 Å². The summed E-state index contributed by atoms with van der Waals surface area (Å²) in [5.74, 6) is 0.231. The minimum atomic E-state index is -0.800. The summed E-state index contributed by atoms with van der Waals surface area (Å²) in [6.07, 6.45) is 1.71. The molecule has 3 aromatic rings. The van der Waals surface area contributed by atoms with Gasteiger partial charge in [-0.2, -0.15) is 0 Å². The number of rotatable bonds is 3. The van der Waals surface area contributed by atoms with Crippen LogP contribution < -0.4 is 19.1 Å². The van der Waals surface area contributed by atoms with Gasteiger partial charge in [0.25, 0.3) is 11.7 Å². The first kappa shape index (κ1) is 21.3. The van der Waals surface area contributed by atoms with Crippen LogP contribution in [0.1, 0.15) is 29.2 Å². The second-order valence-electron chi connectivity index (χ2n) is 8.68. The number of aliphatic hydroxyl groups excluding tert-OH is 1. The summed E-state index contributed by atoms with van der Waals surface area (Å²) in [5, 5.41) is 11.4. The highest BCUT2D eigenvalue weighted by Crippen LogP contribution is 2.44. The van der Waals surface area contributed by atoms with Crippen LogP contribution >= 0.6 is 0 Å². The zero-order chi connectivity index (χ0) is 23.9. The van der Waals surface area contributed by atoms with E-state index in [4.69, 9.17) is 14.2 Å². The van der Waals surface area contributed by atoms with Crippen molar-refractivity contribution in [2.75, 3.05) is 24.7 Å². The van der Waals surface area contributed by atoms with Crippen molar-refractivity contribution in [3.05, 3.63) is 89.0 Å². The average molecular weight is 469 g/mol. The molecular weight excluding hydrogens is 446 g/mol. The molecule has 7 nitrogen and oxygen atoms in total. The molecule has 0 bridgehead atoms. The van der Waals surface area contributed by atoms with Crippen LogP contribution in [-0.4, -0.2) is 36.6 Å². The summed E-state index contributed by atoms with van der Waals surface area (Å²) in [6.45, 7) is 1.51. The molecule has 1 N–H and O–H groups in total. The van der Waals surface area contributed by atoms with E-state index in [0.29, 0.717) is 48.1 Å². The van der Waals surface area contributed by atoms with Crippen molar-refractivity contribution < 1.29 is 28.9 Å². The Balaban J connectivity index is 1.50. The maximum atomic E-state index is 13.4. The summed E-state index contributed by atoms with van der Waals surface area (Å²) in [5.41, 5.74) is 2.70. The Kier molecular flexibility index (Phi) is 5.17. The van der Waals surface area contributed by atoms with Crippen molar-refractivity contribution in [2.45, 2.75) is 18.9 Å². The minimum Gasteiger partial charge on any atom is -0.507 e. The second kappa shape index (κ2) is 8.51. The third-order valence-corrected chi connectivity index (χ3v) is 6.55. The van der Waals surface area contributed by atoms with E-state index in [1.165, 1.54) is 4.90 Å². The van der Waals surface area contributed by atoms with Crippen LogP contribution in [0.2, 0.25) is 0 Å². The number of hydrogen-bond donors (Lipinski definition) is 1. The number of amides is 1. The van der Waals surface area contributed by atoms with Crippen LogP contribution in [0, 0.1) is 0 Å². The molecule has 3 aromatic carbocycles. The highest BCUT2D eigenvalue weighted by Gasteiger charge is 2.47. The van der Waals surface area contributed by atoms with Gasteiger partial charge in [-0.15, -0.1) is 0 Å². The summed E-state index contributed by atoms with van der Waals surface area (Å²) in [6, 6.07) is 19.0. The van der Waals surface area contributed by atoms with Gasteiger partial charge in [0.05, 0.1) is 18.2 Å². The number of anilines is 1. The lowest BCUT2D eigenvalue weighted by Gasteiger charge is -2.27. The number of ketones is 1. The monoisotopic (exact) mass is 469 g/mol. The fourth-order valence-electron chi connectivity index (χ4n) is 4.89. The Morgan fingerprint density at radius 2 is 1.57 bits per heavy atom. The van der Waals surface area contributed by atoms with Crippen LogP contribution in [0.3, 0.4) is 0 Å². The third-order valence-electron chi connectivity index (χ3n) is 6.55. The number of carbonyl (C=O) groups is 2. The summed E-state index contributed by atoms with van der Waals surface area (Å²) in [4.78, 5) is 28.2. The summed E-state index contributed by atoms with van der Waals surface area (Å²) >= 11 is 0. The summed E-state index contributed by atoms with van der Waals surface area (Å²) < 4.78 is 17.0. The van der Waals surface area contributed by atoms with E-state index in [0.717, 1.165) is 24.2 Å². The Morgan fingerprint density at radius 3 is 2.40 bits per heavy atom. The van der Waals surface area contributed by atoms with Gasteiger partial charge >= 0.3 is 0 Å². The largest absolute Gasteiger partial charge is 0.507 e. The van der Waals surface area contributed by atoms with E-state index in [2.05, 4.69) is 0 Å². The van der Waals surface area contributed by atoms with Crippen LogP contribution in [0.5, 0.6) is 17.2 Å². The second-order valence-corrected chi connectivity index (χ2v) is 8.68. The maximum Gasteiger partial charge on any atom is 0.300 e. The molecule has 1 atom stereocenters. The molecule has 0 spiro atoms. The van der Waals surface area contributed by atoms with Gasteiger partial charge in [-0.3, -0.25) is 14.5 Å². The molecule has 1 saturated heterocycles. The Hall–Kier alpha value is -4.26. The lowest BCUT2D eigenvalue weighted by molar-refractivity contribution is -0.132. The Morgan fingerprint density at radius 1 is 0.829 bits per heavy atom. The fraction of sp³-hybridized carbons (Fsp3) is 0.214. The lowest BCUT2D eigenvalue weighted by Crippen LogP contribution is -2.29. The van der Waals surface area contributed by atoms with Crippen molar-refractivity contribution in [2.24, 2.45) is 0 Å². The highest BCUT2D eigenvalue weighted by molar-refractivity contribution is 6.51. The smallest absolute Gasteiger partial charge is 0.300 e. The third kappa shape index (κ3) is 3.60. The SMILES string of the molecule is O=C1C(=O)N(c2ccc3c(c2)OCCO3)C(c2ccccc2)/C1=C(\O)c1ccc2c(c1)CCCO2. The first-order valence-electron chi connectivity index (χ1n) is 11.6. The highest BCUT2D eigenvalue weighted by atomic mass is 16.6. The molecular formula is C28H23NO6. The fourth-order valence-corrected chi connectivity index (χ4v) is 4.89. The molecule has 0 saturated carbocycles. The van der Waals surface area contributed by atoms with E-state index in [-0.39, 0.29) is 11.3 Å². The van der Waals surface area contributed by atoms with Crippen LogP contribution in [-0.2, 0) is 16.0 Å². The molecule has 176 valence electrons. The average Bonchev–Trinajstić information content (AvgIpc) is 3.18. The molecule has 0 radical (unpaired) electrons. The first-order valence-corrected chi connectivity index (χ1v) is 11.6. The zero-order valence-corrected chi connectivity index (χ0v) is 18.9. The van der Waals surface area contributed by atoms with E-state index >= 15 is 0 Å². The van der Waals surface area contributed by atoms with E-state index in [9.17, 15) is 14.7 Å². The zero-order valence-electron chi connectivity index (χ0n) is 18.9. The minimum absolute atomic E-state index is 0.0489. The number of fused-ring (bicyclic) bond motifs is 2. The quantitative estimate of drug-likeness (QED) is 0.348. The van der Waals surface area contributed by atoms with Gasteiger partial charge < -0.3 is 19.3 Å². The molecule has 1 unspecified atom stereocenters. The molecule has 6 rings (SSSR count). The van der Waals surface area contributed by atoms with Crippen LogP contribution in [0.15, 0.2) is 72.3 Å². The maximum absolute atomic E-state index is 13.4. The van der Waals surface area contributed by atoms with Gasteiger partial charge in [0, 0.05) is 17.3 Å².